The van der Waals surface area contributed by atoms with Crippen molar-refractivity contribution in [2.45, 2.75) is 26.4 Å². The van der Waals surface area contributed by atoms with Gasteiger partial charge in [-0.15, -0.1) is 0 Å². The Morgan fingerprint density at radius 1 is 1.25 bits per heavy atom. The molecule has 0 heterocycles. The van der Waals surface area contributed by atoms with E-state index in [1.165, 1.54) is 16.7 Å². The summed E-state index contributed by atoms with van der Waals surface area (Å²) in [5, 5.41) is 0. The lowest BCUT2D eigenvalue weighted by Gasteiger charge is -2.20. The van der Waals surface area contributed by atoms with Gasteiger partial charge in [0.25, 0.3) is 0 Å². The summed E-state index contributed by atoms with van der Waals surface area (Å²) in [6.07, 6.45) is 0. The molecular formula is C13H23N3. The number of hydrogen-bond acceptors (Lipinski definition) is 3. The highest BCUT2D eigenvalue weighted by Gasteiger charge is 2.06. The largest absolute Gasteiger partial charge is 0.329 e. The van der Waals surface area contributed by atoms with Gasteiger partial charge in [0, 0.05) is 25.7 Å². The predicted molar refractivity (Wildman–Crippen MR) is 69.3 cm³/mol. The summed E-state index contributed by atoms with van der Waals surface area (Å²) >= 11 is 0. The van der Waals surface area contributed by atoms with Crippen LogP contribution in [0.5, 0.6) is 0 Å². The average molecular weight is 221 g/mol. The molecule has 1 rings (SSSR count). The SMILES string of the molecule is Cc1ccc(CN(C)CC(N)CN)cc1C. The number of likely N-dealkylation sites (N-methyl/N-ethyl adjacent to an activating group) is 1. The Morgan fingerprint density at radius 2 is 1.94 bits per heavy atom. The summed E-state index contributed by atoms with van der Waals surface area (Å²) in [7, 11) is 2.07. The highest BCUT2D eigenvalue weighted by Crippen LogP contribution is 2.11. The smallest absolute Gasteiger partial charge is 0.0292 e. The van der Waals surface area contributed by atoms with Crippen molar-refractivity contribution in [3.05, 3.63) is 34.9 Å². The van der Waals surface area contributed by atoms with Crippen LogP contribution in [0.15, 0.2) is 18.2 Å². The molecule has 0 aromatic heterocycles. The Bertz CT molecular complexity index is 336. The van der Waals surface area contributed by atoms with Crippen molar-refractivity contribution in [2.75, 3.05) is 20.1 Å². The number of rotatable bonds is 5. The maximum absolute atomic E-state index is 5.81. The molecule has 4 N–H and O–H groups in total. The minimum absolute atomic E-state index is 0.0662. The topological polar surface area (TPSA) is 55.3 Å². The summed E-state index contributed by atoms with van der Waals surface area (Å²) in [6, 6.07) is 6.64. The van der Waals surface area contributed by atoms with E-state index in [4.69, 9.17) is 11.5 Å². The molecule has 3 heteroatoms. The van der Waals surface area contributed by atoms with Crippen LogP contribution in [0.2, 0.25) is 0 Å². The van der Waals surface area contributed by atoms with E-state index in [1.807, 2.05) is 0 Å². The van der Waals surface area contributed by atoms with Crippen LogP contribution in [0.4, 0.5) is 0 Å². The van der Waals surface area contributed by atoms with Gasteiger partial charge in [-0.25, -0.2) is 0 Å². The van der Waals surface area contributed by atoms with Crippen molar-refractivity contribution >= 4 is 0 Å². The number of benzene rings is 1. The van der Waals surface area contributed by atoms with Gasteiger partial charge in [0.2, 0.25) is 0 Å². The van der Waals surface area contributed by atoms with Crippen molar-refractivity contribution < 1.29 is 0 Å². The van der Waals surface area contributed by atoms with Crippen molar-refractivity contribution in [1.29, 1.82) is 0 Å². The zero-order chi connectivity index (χ0) is 12.1. The standard InChI is InChI=1S/C13H23N3/c1-10-4-5-12(6-11(10)2)8-16(3)9-13(15)7-14/h4-6,13H,7-9,14-15H2,1-3H3. The Labute approximate surface area is 98.4 Å². The molecule has 1 unspecified atom stereocenters. The molecule has 0 fully saturated rings. The normalized spacial score (nSPS) is 13.1. The molecule has 0 aliphatic rings. The van der Waals surface area contributed by atoms with Gasteiger partial charge in [0.1, 0.15) is 0 Å². The van der Waals surface area contributed by atoms with Gasteiger partial charge in [-0.3, -0.25) is 0 Å². The van der Waals surface area contributed by atoms with Crippen LogP contribution in [-0.4, -0.2) is 31.1 Å². The van der Waals surface area contributed by atoms with E-state index >= 15 is 0 Å². The van der Waals surface area contributed by atoms with Gasteiger partial charge in [-0.2, -0.15) is 0 Å². The Kier molecular flexibility index (Phi) is 4.93. The first-order chi connectivity index (χ1) is 7.52. The summed E-state index contributed by atoms with van der Waals surface area (Å²) in [4.78, 5) is 2.21. The van der Waals surface area contributed by atoms with Gasteiger partial charge in [0.05, 0.1) is 0 Å². The quantitative estimate of drug-likeness (QED) is 0.780. The van der Waals surface area contributed by atoms with Crippen LogP contribution in [0.1, 0.15) is 16.7 Å². The second-order valence-corrected chi connectivity index (χ2v) is 4.61. The molecule has 0 amide bonds. The van der Waals surface area contributed by atoms with Crippen LogP contribution in [0.3, 0.4) is 0 Å². The molecule has 0 spiro atoms. The first-order valence-electron chi connectivity index (χ1n) is 5.73. The Hall–Kier alpha value is -0.900. The number of aryl methyl sites for hydroxylation is 2. The summed E-state index contributed by atoms with van der Waals surface area (Å²) in [5.74, 6) is 0. The maximum atomic E-state index is 5.81. The molecule has 1 aromatic carbocycles. The van der Waals surface area contributed by atoms with Gasteiger partial charge < -0.3 is 16.4 Å². The fourth-order valence-electron chi connectivity index (χ4n) is 1.75. The molecule has 0 aliphatic carbocycles. The minimum atomic E-state index is 0.0662. The second kappa shape index (κ2) is 5.99. The molecule has 0 saturated heterocycles. The lowest BCUT2D eigenvalue weighted by Crippen LogP contribution is -2.40. The van der Waals surface area contributed by atoms with Crippen molar-refractivity contribution in [3.8, 4) is 0 Å². The minimum Gasteiger partial charge on any atom is -0.329 e. The van der Waals surface area contributed by atoms with E-state index in [9.17, 15) is 0 Å². The van der Waals surface area contributed by atoms with E-state index in [2.05, 4.69) is 44.0 Å². The third kappa shape index (κ3) is 3.93. The number of nitrogens with zero attached hydrogens (tertiary/aromatic N) is 1. The molecule has 0 saturated carbocycles. The van der Waals surface area contributed by atoms with E-state index in [0.29, 0.717) is 6.54 Å². The highest BCUT2D eigenvalue weighted by atomic mass is 15.1. The molecule has 0 aliphatic heterocycles. The summed E-state index contributed by atoms with van der Waals surface area (Å²) in [6.45, 7) is 6.58. The highest BCUT2D eigenvalue weighted by molar-refractivity contribution is 5.29. The molecule has 1 aromatic rings. The van der Waals surface area contributed by atoms with Crippen molar-refractivity contribution in [3.63, 3.8) is 0 Å². The van der Waals surface area contributed by atoms with Gasteiger partial charge in [-0.1, -0.05) is 18.2 Å². The zero-order valence-electron chi connectivity index (χ0n) is 10.5. The van der Waals surface area contributed by atoms with Crippen LogP contribution in [-0.2, 0) is 6.54 Å². The zero-order valence-corrected chi connectivity index (χ0v) is 10.5. The third-order valence-electron chi connectivity index (χ3n) is 2.87. The van der Waals surface area contributed by atoms with Crippen LogP contribution < -0.4 is 11.5 Å². The van der Waals surface area contributed by atoms with E-state index in [-0.39, 0.29) is 6.04 Å². The molecule has 16 heavy (non-hydrogen) atoms. The fraction of sp³-hybridized carbons (Fsp3) is 0.538. The average Bonchev–Trinajstić information content (AvgIpc) is 2.23. The second-order valence-electron chi connectivity index (χ2n) is 4.61. The third-order valence-corrected chi connectivity index (χ3v) is 2.87. The van der Waals surface area contributed by atoms with Crippen molar-refractivity contribution in [2.24, 2.45) is 11.5 Å². The van der Waals surface area contributed by atoms with Crippen LogP contribution in [0, 0.1) is 13.8 Å². The fourth-order valence-corrected chi connectivity index (χ4v) is 1.75. The van der Waals surface area contributed by atoms with Crippen LogP contribution >= 0.6 is 0 Å². The Morgan fingerprint density at radius 3 is 2.50 bits per heavy atom. The Balaban J connectivity index is 2.56. The van der Waals surface area contributed by atoms with Gasteiger partial charge >= 0.3 is 0 Å². The first kappa shape index (κ1) is 13.2. The van der Waals surface area contributed by atoms with Gasteiger partial charge in [-0.05, 0) is 37.6 Å². The van der Waals surface area contributed by atoms with E-state index < -0.39 is 0 Å². The van der Waals surface area contributed by atoms with Gasteiger partial charge in [0.15, 0.2) is 0 Å². The molecular weight excluding hydrogens is 198 g/mol. The molecule has 90 valence electrons. The lowest BCUT2D eigenvalue weighted by atomic mass is 10.1. The molecule has 1 atom stereocenters. The molecule has 0 bridgehead atoms. The van der Waals surface area contributed by atoms with Crippen LogP contribution in [0.25, 0.3) is 0 Å². The lowest BCUT2D eigenvalue weighted by molar-refractivity contribution is 0.305. The van der Waals surface area contributed by atoms with E-state index in [1.54, 1.807) is 0 Å². The first-order valence-corrected chi connectivity index (χ1v) is 5.73. The van der Waals surface area contributed by atoms with E-state index in [0.717, 1.165) is 13.1 Å². The maximum Gasteiger partial charge on any atom is 0.0292 e. The van der Waals surface area contributed by atoms with Crippen molar-refractivity contribution in [1.82, 2.24) is 4.90 Å². The number of nitrogens with two attached hydrogens (primary N) is 2. The number of hydrogen-bond donors (Lipinski definition) is 2. The molecule has 3 nitrogen and oxygen atoms in total. The summed E-state index contributed by atoms with van der Waals surface area (Å²) < 4.78 is 0. The summed E-state index contributed by atoms with van der Waals surface area (Å²) in [5.41, 5.74) is 15.3. The predicted octanol–water partition coefficient (Wildman–Crippen LogP) is 1.02. The molecule has 0 radical (unpaired) electrons. The monoisotopic (exact) mass is 221 g/mol.